The molecule has 185 valence electrons. The molecule has 0 heterocycles. The molecule has 0 N–H and O–H groups in total. The molecule has 0 aliphatic carbocycles. The Hall–Kier alpha value is -4.16. The minimum Gasteiger partial charge on any atom is -0.290 e. The standard InChI is InChI=1S/C17H14O.C17H13O.Pd/c2*18-17(13-11-15-7-3-1-4-8-15)14-12-16-9-5-2-6-10-16;/h1-14H;1,3-14H;. The predicted octanol–water partition coefficient (Wildman–Crippen LogP) is 7.14. The molecule has 0 aliphatic rings. The molecule has 0 fully saturated rings. The third-order valence-corrected chi connectivity index (χ3v) is 5.53. The molecule has 2 nitrogen and oxygen atoms in total. The van der Waals surface area contributed by atoms with Crippen molar-refractivity contribution in [2.75, 3.05) is 0 Å². The van der Waals surface area contributed by atoms with Crippen molar-refractivity contribution in [3.8, 4) is 0 Å². The zero-order valence-corrected chi connectivity index (χ0v) is 21.8. The van der Waals surface area contributed by atoms with Crippen LogP contribution in [0.3, 0.4) is 0 Å². The predicted molar refractivity (Wildman–Crippen MR) is 152 cm³/mol. The molecular formula is C34H27O2Pd. The molecule has 0 unspecified atom stereocenters. The van der Waals surface area contributed by atoms with Crippen LogP contribution in [0.1, 0.15) is 22.3 Å². The summed E-state index contributed by atoms with van der Waals surface area (Å²) in [5.74, 6) is -0.0305. The summed E-state index contributed by atoms with van der Waals surface area (Å²) < 4.78 is 1.07. The molecule has 0 bridgehead atoms. The van der Waals surface area contributed by atoms with Crippen LogP contribution >= 0.6 is 0 Å². The Balaban J connectivity index is 0.000000206. The summed E-state index contributed by atoms with van der Waals surface area (Å²) >= 11 is 3.11. The Morgan fingerprint density at radius 2 is 0.676 bits per heavy atom. The first kappa shape index (κ1) is 27.4. The Morgan fingerprint density at radius 1 is 0.405 bits per heavy atom. The van der Waals surface area contributed by atoms with Crippen molar-refractivity contribution in [3.05, 3.63) is 162 Å². The van der Waals surface area contributed by atoms with Gasteiger partial charge in [0, 0.05) is 0 Å². The van der Waals surface area contributed by atoms with Gasteiger partial charge in [-0.25, -0.2) is 0 Å². The van der Waals surface area contributed by atoms with E-state index in [-0.39, 0.29) is 11.6 Å². The largest absolute Gasteiger partial charge is 0.290 e. The van der Waals surface area contributed by atoms with Gasteiger partial charge in [0.05, 0.1) is 0 Å². The summed E-state index contributed by atoms with van der Waals surface area (Å²) in [5, 5.41) is 0. The first-order chi connectivity index (χ1) is 18.1. The topological polar surface area (TPSA) is 34.1 Å². The van der Waals surface area contributed by atoms with Crippen LogP contribution < -0.4 is 4.04 Å². The van der Waals surface area contributed by atoms with Gasteiger partial charge in [-0.15, -0.1) is 0 Å². The van der Waals surface area contributed by atoms with Crippen molar-refractivity contribution >= 4 is 39.9 Å². The monoisotopic (exact) mass is 573 g/mol. The van der Waals surface area contributed by atoms with E-state index in [1.165, 1.54) is 0 Å². The van der Waals surface area contributed by atoms with Crippen LogP contribution in [0, 0.1) is 0 Å². The molecule has 0 aromatic heterocycles. The van der Waals surface area contributed by atoms with E-state index in [9.17, 15) is 9.59 Å². The van der Waals surface area contributed by atoms with E-state index < -0.39 is 0 Å². The molecule has 0 aliphatic heterocycles. The van der Waals surface area contributed by atoms with Gasteiger partial charge < -0.3 is 0 Å². The Morgan fingerprint density at radius 3 is 0.973 bits per heavy atom. The second-order valence-electron chi connectivity index (χ2n) is 7.89. The first-order valence-corrected chi connectivity index (χ1v) is 12.5. The summed E-state index contributed by atoms with van der Waals surface area (Å²) in [7, 11) is 0. The fourth-order valence-electron chi connectivity index (χ4n) is 3.08. The van der Waals surface area contributed by atoms with Crippen molar-refractivity contribution in [1.29, 1.82) is 0 Å². The molecule has 37 heavy (non-hydrogen) atoms. The maximum absolute atomic E-state index is 11.7. The number of hydrogen-bond donors (Lipinski definition) is 0. The van der Waals surface area contributed by atoms with Crippen LogP contribution in [0.15, 0.2) is 140 Å². The zero-order valence-electron chi connectivity index (χ0n) is 20.2. The molecule has 0 radical (unpaired) electrons. The molecule has 4 aromatic rings. The number of allylic oxidation sites excluding steroid dienone is 4. The second-order valence-corrected chi connectivity index (χ2v) is 8.78. The maximum atomic E-state index is 11.7. The van der Waals surface area contributed by atoms with Crippen LogP contribution in [0.5, 0.6) is 0 Å². The van der Waals surface area contributed by atoms with E-state index in [1.54, 1.807) is 24.3 Å². The van der Waals surface area contributed by atoms with E-state index >= 15 is 0 Å². The quantitative estimate of drug-likeness (QED) is 0.166. The third kappa shape index (κ3) is 11.4. The van der Waals surface area contributed by atoms with Crippen molar-refractivity contribution < 1.29 is 28.8 Å². The summed E-state index contributed by atoms with van der Waals surface area (Å²) in [6.45, 7) is 0. The fourth-order valence-corrected chi connectivity index (χ4v) is 3.34. The molecule has 0 spiro atoms. The van der Waals surface area contributed by atoms with Crippen molar-refractivity contribution in [2.45, 2.75) is 0 Å². The van der Waals surface area contributed by atoms with Gasteiger partial charge in [0.1, 0.15) is 0 Å². The summed E-state index contributed by atoms with van der Waals surface area (Å²) in [5.41, 5.74) is 4.09. The number of benzene rings is 4. The van der Waals surface area contributed by atoms with Gasteiger partial charge in [-0.2, -0.15) is 0 Å². The van der Waals surface area contributed by atoms with Gasteiger partial charge in [0.2, 0.25) is 0 Å². The molecule has 0 amide bonds. The smallest absolute Gasteiger partial charge is 0.178 e. The van der Waals surface area contributed by atoms with Crippen LogP contribution in [0.25, 0.3) is 24.3 Å². The van der Waals surface area contributed by atoms with Gasteiger partial charge in [-0.1, -0.05) is 78.9 Å². The van der Waals surface area contributed by atoms with Crippen LogP contribution in [0.2, 0.25) is 0 Å². The molecule has 0 saturated heterocycles. The Bertz CT molecular complexity index is 1310. The van der Waals surface area contributed by atoms with Crippen LogP contribution in [-0.4, -0.2) is 11.6 Å². The average molecular weight is 574 g/mol. The van der Waals surface area contributed by atoms with Gasteiger partial charge >= 0.3 is 118 Å². The van der Waals surface area contributed by atoms with Gasteiger partial charge in [0.25, 0.3) is 0 Å². The van der Waals surface area contributed by atoms with Crippen molar-refractivity contribution in [1.82, 2.24) is 0 Å². The van der Waals surface area contributed by atoms with Crippen LogP contribution in [-0.2, 0) is 28.8 Å². The molecule has 0 atom stereocenters. The van der Waals surface area contributed by atoms with E-state index in [2.05, 4.69) is 19.2 Å². The first-order valence-electron chi connectivity index (χ1n) is 11.8. The van der Waals surface area contributed by atoms with E-state index in [4.69, 9.17) is 0 Å². The molecule has 4 rings (SSSR count). The van der Waals surface area contributed by atoms with Crippen molar-refractivity contribution in [3.63, 3.8) is 0 Å². The summed E-state index contributed by atoms with van der Waals surface area (Å²) in [6.07, 6.45) is 13.6. The Kier molecular flexibility index (Phi) is 11.7. The fraction of sp³-hybridized carbons (Fsp3) is 0. The minimum atomic E-state index is -0.0192. The number of hydrogen-bond acceptors (Lipinski definition) is 2. The van der Waals surface area contributed by atoms with E-state index in [0.717, 1.165) is 26.3 Å². The zero-order chi connectivity index (χ0) is 26.1. The SMILES string of the molecule is O=C(C=Cc1ccccc1)C=Cc1cc[c]([Pd])cc1.O=C(C=Cc1ccccc1)C=Cc1ccccc1. The Labute approximate surface area is 229 Å². The minimum absolute atomic E-state index is 0.0114. The van der Waals surface area contributed by atoms with Crippen molar-refractivity contribution in [2.24, 2.45) is 0 Å². The maximum Gasteiger partial charge on any atom is 0.178 e. The average Bonchev–Trinajstić information content (AvgIpc) is 2.95. The van der Waals surface area contributed by atoms with Gasteiger partial charge in [-0.3, -0.25) is 4.79 Å². The number of ketones is 2. The molecular weight excluding hydrogens is 547 g/mol. The molecule has 3 heteroatoms. The number of rotatable bonds is 8. The third-order valence-electron chi connectivity index (χ3n) is 5.01. The number of carbonyl (C=O) groups is 2. The summed E-state index contributed by atoms with van der Waals surface area (Å²) in [6, 6.07) is 37.2. The van der Waals surface area contributed by atoms with Crippen LogP contribution in [0.4, 0.5) is 0 Å². The van der Waals surface area contributed by atoms with E-state index in [0.29, 0.717) is 0 Å². The van der Waals surface area contributed by atoms with Gasteiger partial charge in [-0.05, 0) is 23.3 Å². The number of carbonyl (C=O) groups excluding carboxylic acids is 2. The normalized spacial score (nSPS) is 11.2. The second kappa shape index (κ2) is 15.8. The summed E-state index contributed by atoms with van der Waals surface area (Å²) in [4.78, 5) is 23.3. The van der Waals surface area contributed by atoms with E-state index in [1.807, 2.05) is 140 Å². The molecule has 4 aromatic carbocycles. The molecule has 0 saturated carbocycles. The van der Waals surface area contributed by atoms with Gasteiger partial charge in [0.15, 0.2) is 5.78 Å².